The Morgan fingerprint density at radius 1 is 1.19 bits per heavy atom. The van der Waals surface area contributed by atoms with Gasteiger partial charge in [-0.2, -0.15) is 0 Å². The van der Waals surface area contributed by atoms with Crippen LogP contribution in [0.2, 0.25) is 0 Å². The molecule has 0 aliphatic heterocycles. The van der Waals surface area contributed by atoms with Gasteiger partial charge >= 0.3 is 0 Å². The summed E-state index contributed by atoms with van der Waals surface area (Å²) in [5.74, 6) is 0.400. The van der Waals surface area contributed by atoms with Crippen molar-refractivity contribution in [2.45, 2.75) is 6.42 Å². The molecular formula is C16H16FN3O. The van der Waals surface area contributed by atoms with E-state index in [0.717, 1.165) is 17.4 Å². The van der Waals surface area contributed by atoms with E-state index in [9.17, 15) is 4.39 Å². The molecule has 0 saturated heterocycles. The van der Waals surface area contributed by atoms with Gasteiger partial charge in [-0.05, 0) is 37.2 Å². The predicted molar refractivity (Wildman–Crippen MR) is 81.1 cm³/mol. The second kappa shape index (κ2) is 5.93. The SMILES string of the molecule is NCCCN(c1ccccc1F)c1nccc2occc12. The van der Waals surface area contributed by atoms with E-state index in [1.54, 1.807) is 30.7 Å². The predicted octanol–water partition coefficient (Wildman–Crippen LogP) is 3.45. The van der Waals surface area contributed by atoms with Crippen LogP contribution < -0.4 is 10.6 Å². The summed E-state index contributed by atoms with van der Waals surface area (Å²) in [6, 6.07) is 10.3. The summed E-state index contributed by atoms with van der Waals surface area (Å²) >= 11 is 0. The van der Waals surface area contributed by atoms with Crippen LogP contribution in [0.15, 0.2) is 53.3 Å². The summed E-state index contributed by atoms with van der Waals surface area (Å²) in [6.45, 7) is 1.13. The van der Waals surface area contributed by atoms with Gasteiger partial charge < -0.3 is 15.1 Å². The second-order valence-electron chi connectivity index (χ2n) is 4.71. The van der Waals surface area contributed by atoms with Crippen LogP contribution in [0.25, 0.3) is 11.0 Å². The third-order valence-electron chi connectivity index (χ3n) is 3.34. The van der Waals surface area contributed by atoms with Crippen LogP contribution in [-0.2, 0) is 0 Å². The molecule has 5 heteroatoms. The number of rotatable bonds is 5. The van der Waals surface area contributed by atoms with Crippen LogP contribution in [0.5, 0.6) is 0 Å². The molecular weight excluding hydrogens is 269 g/mol. The first-order chi connectivity index (χ1) is 10.3. The van der Waals surface area contributed by atoms with E-state index in [4.69, 9.17) is 10.2 Å². The van der Waals surface area contributed by atoms with Gasteiger partial charge in [-0.25, -0.2) is 9.37 Å². The van der Waals surface area contributed by atoms with Gasteiger partial charge in [0.15, 0.2) is 0 Å². The first kappa shape index (κ1) is 13.6. The maximum absolute atomic E-state index is 14.2. The Morgan fingerprint density at radius 3 is 2.86 bits per heavy atom. The number of benzene rings is 1. The van der Waals surface area contributed by atoms with Gasteiger partial charge in [0.25, 0.3) is 0 Å². The van der Waals surface area contributed by atoms with Crippen LogP contribution in [0.4, 0.5) is 15.9 Å². The van der Waals surface area contributed by atoms with Gasteiger partial charge in [0.05, 0.1) is 17.3 Å². The van der Waals surface area contributed by atoms with Crippen molar-refractivity contribution in [1.29, 1.82) is 0 Å². The third kappa shape index (κ3) is 2.60. The summed E-state index contributed by atoms with van der Waals surface area (Å²) in [4.78, 5) is 6.26. The highest BCUT2D eigenvalue weighted by atomic mass is 19.1. The van der Waals surface area contributed by atoms with Crippen LogP contribution >= 0.6 is 0 Å². The fourth-order valence-corrected chi connectivity index (χ4v) is 2.36. The van der Waals surface area contributed by atoms with E-state index in [2.05, 4.69) is 4.98 Å². The summed E-state index contributed by atoms with van der Waals surface area (Å²) in [5, 5.41) is 0.859. The average Bonchev–Trinajstić information content (AvgIpc) is 2.98. The molecule has 0 aliphatic rings. The van der Waals surface area contributed by atoms with E-state index in [1.807, 2.05) is 17.0 Å². The van der Waals surface area contributed by atoms with Crippen LogP contribution in [0, 0.1) is 5.82 Å². The number of furan rings is 1. The first-order valence-electron chi connectivity index (χ1n) is 6.85. The Balaban J connectivity index is 2.11. The molecule has 0 fully saturated rings. The number of fused-ring (bicyclic) bond motifs is 1. The van der Waals surface area contributed by atoms with Gasteiger partial charge in [-0.15, -0.1) is 0 Å². The van der Waals surface area contributed by atoms with E-state index in [0.29, 0.717) is 24.6 Å². The van der Waals surface area contributed by atoms with E-state index in [1.165, 1.54) is 6.07 Å². The number of para-hydroxylation sites is 1. The molecule has 2 N–H and O–H groups in total. The minimum absolute atomic E-state index is 0.281. The lowest BCUT2D eigenvalue weighted by molar-refractivity contribution is 0.615. The monoisotopic (exact) mass is 285 g/mol. The summed E-state index contributed by atoms with van der Waals surface area (Å²) < 4.78 is 19.5. The molecule has 21 heavy (non-hydrogen) atoms. The molecule has 3 aromatic rings. The van der Waals surface area contributed by atoms with Crippen molar-refractivity contribution in [3.05, 3.63) is 54.7 Å². The molecule has 108 valence electrons. The normalized spacial score (nSPS) is 11.0. The highest BCUT2D eigenvalue weighted by Crippen LogP contribution is 2.32. The molecule has 2 heterocycles. The van der Waals surface area contributed by atoms with Crippen molar-refractivity contribution in [2.24, 2.45) is 5.73 Å². The summed E-state index contributed by atoms with van der Waals surface area (Å²) in [6.07, 6.45) is 4.01. The number of pyridine rings is 1. The van der Waals surface area contributed by atoms with Crippen molar-refractivity contribution >= 4 is 22.5 Å². The highest BCUT2D eigenvalue weighted by Gasteiger charge is 2.17. The Hall–Kier alpha value is -2.40. The lowest BCUT2D eigenvalue weighted by Gasteiger charge is -2.24. The Bertz CT molecular complexity index is 741. The molecule has 2 aromatic heterocycles. The third-order valence-corrected chi connectivity index (χ3v) is 3.34. The lowest BCUT2D eigenvalue weighted by atomic mass is 10.2. The number of hydrogen-bond acceptors (Lipinski definition) is 4. The molecule has 0 aliphatic carbocycles. The maximum Gasteiger partial charge on any atom is 0.146 e. The average molecular weight is 285 g/mol. The minimum atomic E-state index is -0.281. The number of halogens is 1. The van der Waals surface area contributed by atoms with Gasteiger partial charge in [-0.3, -0.25) is 0 Å². The molecule has 0 spiro atoms. The number of hydrogen-bond donors (Lipinski definition) is 1. The maximum atomic E-state index is 14.2. The zero-order valence-electron chi connectivity index (χ0n) is 11.5. The van der Waals surface area contributed by atoms with Crippen molar-refractivity contribution in [2.75, 3.05) is 18.0 Å². The Kier molecular flexibility index (Phi) is 3.83. The van der Waals surface area contributed by atoms with Crippen molar-refractivity contribution < 1.29 is 8.81 Å². The zero-order valence-corrected chi connectivity index (χ0v) is 11.5. The molecule has 0 radical (unpaired) electrons. The smallest absolute Gasteiger partial charge is 0.146 e. The van der Waals surface area contributed by atoms with Crippen LogP contribution in [0.3, 0.4) is 0 Å². The fourth-order valence-electron chi connectivity index (χ4n) is 2.36. The van der Waals surface area contributed by atoms with Gasteiger partial charge in [0, 0.05) is 12.7 Å². The number of nitrogens with two attached hydrogens (primary N) is 1. The molecule has 1 aromatic carbocycles. The quantitative estimate of drug-likeness (QED) is 0.780. The van der Waals surface area contributed by atoms with E-state index in [-0.39, 0.29) is 5.82 Å². The fraction of sp³-hybridized carbons (Fsp3) is 0.188. The second-order valence-corrected chi connectivity index (χ2v) is 4.71. The topological polar surface area (TPSA) is 55.3 Å². The first-order valence-corrected chi connectivity index (χ1v) is 6.85. The van der Waals surface area contributed by atoms with Gasteiger partial charge in [-0.1, -0.05) is 12.1 Å². The summed E-state index contributed by atoms with van der Waals surface area (Å²) in [5.41, 5.74) is 6.83. The molecule has 3 rings (SSSR count). The van der Waals surface area contributed by atoms with Crippen molar-refractivity contribution in [1.82, 2.24) is 4.98 Å². The van der Waals surface area contributed by atoms with E-state index >= 15 is 0 Å². The Labute approximate surface area is 122 Å². The van der Waals surface area contributed by atoms with Crippen molar-refractivity contribution in [3.63, 3.8) is 0 Å². The highest BCUT2D eigenvalue weighted by molar-refractivity contribution is 5.90. The number of anilines is 2. The largest absolute Gasteiger partial charge is 0.464 e. The summed E-state index contributed by atoms with van der Waals surface area (Å²) in [7, 11) is 0. The molecule has 0 saturated carbocycles. The molecule has 4 nitrogen and oxygen atoms in total. The molecule has 0 bridgehead atoms. The van der Waals surface area contributed by atoms with E-state index < -0.39 is 0 Å². The standard InChI is InChI=1S/C16H16FN3O/c17-13-4-1-2-5-14(13)20(10-3-8-18)16-12-7-11-21-15(12)6-9-19-16/h1-2,4-7,9,11H,3,8,10,18H2. The molecule has 0 unspecified atom stereocenters. The van der Waals surface area contributed by atoms with Gasteiger partial charge in [0.2, 0.25) is 0 Å². The molecule has 0 amide bonds. The molecule has 0 atom stereocenters. The number of nitrogens with zero attached hydrogens (tertiary/aromatic N) is 2. The zero-order chi connectivity index (χ0) is 14.7. The lowest BCUT2D eigenvalue weighted by Crippen LogP contribution is -2.23. The van der Waals surface area contributed by atoms with Crippen LogP contribution in [0.1, 0.15) is 6.42 Å². The van der Waals surface area contributed by atoms with Crippen molar-refractivity contribution in [3.8, 4) is 0 Å². The van der Waals surface area contributed by atoms with Crippen LogP contribution in [-0.4, -0.2) is 18.1 Å². The number of aromatic nitrogens is 1. The van der Waals surface area contributed by atoms with Gasteiger partial charge in [0.1, 0.15) is 17.2 Å². The minimum Gasteiger partial charge on any atom is -0.464 e. The Morgan fingerprint density at radius 2 is 2.05 bits per heavy atom.